The Labute approximate surface area is 143 Å². The first-order chi connectivity index (χ1) is 11.5. The summed E-state index contributed by atoms with van der Waals surface area (Å²) in [6, 6.07) is 9.45. The highest BCUT2D eigenvalue weighted by atomic mass is 16.6. The normalized spacial score (nSPS) is 16.4. The Bertz CT molecular complexity index is 541. The molecule has 0 bridgehead atoms. The van der Waals surface area contributed by atoms with Crippen LogP contribution in [0.5, 0.6) is 5.75 Å². The van der Waals surface area contributed by atoms with Crippen LogP contribution in [-0.2, 0) is 9.53 Å². The third-order valence-corrected chi connectivity index (χ3v) is 4.28. The van der Waals surface area contributed by atoms with Gasteiger partial charge in [-0.15, -0.1) is 0 Å². The molecule has 0 radical (unpaired) electrons. The number of hydrogen-bond donors (Lipinski definition) is 0. The molecular formula is C18H26N2O4. The fourth-order valence-corrected chi connectivity index (χ4v) is 2.86. The number of benzene rings is 1. The van der Waals surface area contributed by atoms with E-state index in [0.717, 1.165) is 12.8 Å². The molecule has 24 heavy (non-hydrogen) atoms. The van der Waals surface area contributed by atoms with Crippen molar-refractivity contribution < 1.29 is 19.1 Å². The van der Waals surface area contributed by atoms with Gasteiger partial charge in [-0.3, -0.25) is 4.79 Å². The Kier molecular flexibility index (Phi) is 6.46. The van der Waals surface area contributed by atoms with Crippen LogP contribution in [-0.4, -0.2) is 60.7 Å². The molecule has 132 valence electrons. The quantitative estimate of drug-likeness (QED) is 0.830. The number of para-hydroxylation sites is 1. The Balaban J connectivity index is 1.83. The predicted octanol–water partition coefficient (Wildman–Crippen LogP) is 2.53. The Morgan fingerprint density at radius 3 is 2.46 bits per heavy atom. The van der Waals surface area contributed by atoms with Crippen LogP contribution < -0.4 is 4.74 Å². The van der Waals surface area contributed by atoms with Gasteiger partial charge in [-0.05, 0) is 38.8 Å². The molecule has 1 aromatic carbocycles. The lowest BCUT2D eigenvalue weighted by Gasteiger charge is -2.37. The van der Waals surface area contributed by atoms with Gasteiger partial charge in [0, 0.05) is 26.2 Å². The van der Waals surface area contributed by atoms with Crippen LogP contribution in [0.3, 0.4) is 0 Å². The van der Waals surface area contributed by atoms with Crippen molar-refractivity contribution in [1.82, 2.24) is 9.80 Å². The van der Waals surface area contributed by atoms with E-state index in [-0.39, 0.29) is 18.0 Å². The number of rotatable bonds is 5. The molecule has 2 rings (SSSR count). The van der Waals surface area contributed by atoms with E-state index in [1.807, 2.05) is 35.2 Å². The minimum Gasteiger partial charge on any atom is -0.481 e. The van der Waals surface area contributed by atoms with Gasteiger partial charge in [0.2, 0.25) is 0 Å². The largest absolute Gasteiger partial charge is 0.481 e. The molecular weight excluding hydrogens is 308 g/mol. The highest BCUT2D eigenvalue weighted by Gasteiger charge is 2.30. The summed E-state index contributed by atoms with van der Waals surface area (Å²) in [5.41, 5.74) is 0. The van der Waals surface area contributed by atoms with Crippen LogP contribution in [0.15, 0.2) is 30.3 Å². The molecule has 6 heteroatoms. The number of likely N-dealkylation sites (tertiary alicyclic amines) is 1. The van der Waals surface area contributed by atoms with Crippen LogP contribution >= 0.6 is 0 Å². The van der Waals surface area contributed by atoms with E-state index < -0.39 is 6.10 Å². The van der Waals surface area contributed by atoms with Gasteiger partial charge < -0.3 is 19.3 Å². The fourth-order valence-electron chi connectivity index (χ4n) is 2.86. The minimum absolute atomic E-state index is 0.0175. The van der Waals surface area contributed by atoms with Gasteiger partial charge in [-0.25, -0.2) is 4.79 Å². The average molecular weight is 334 g/mol. The molecule has 1 heterocycles. The fraction of sp³-hybridized carbons (Fsp3) is 0.556. The van der Waals surface area contributed by atoms with Gasteiger partial charge in [0.05, 0.1) is 6.61 Å². The van der Waals surface area contributed by atoms with E-state index in [9.17, 15) is 9.59 Å². The standard InChI is InChI=1S/C18H26N2O4/c1-4-23-18(22)19(3)15-10-12-20(13-11-15)17(21)14(2)24-16-8-6-5-7-9-16/h5-9,14-15H,4,10-13H2,1-3H3. The van der Waals surface area contributed by atoms with Gasteiger partial charge in [0.25, 0.3) is 5.91 Å². The SMILES string of the molecule is CCOC(=O)N(C)C1CCN(C(=O)C(C)Oc2ccccc2)CC1. The summed E-state index contributed by atoms with van der Waals surface area (Å²) in [6.07, 6.45) is 0.674. The number of ether oxygens (including phenoxy) is 2. The molecule has 0 N–H and O–H groups in total. The topological polar surface area (TPSA) is 59.1 Å². The van der Waals surface area contributed by atoms with Crippen molar-refractivity contribution in [2.45, 2.75) is 38.8 Å². The van der Waals surface area contributed by atoms with E-state index in [2.05, 4.69) is 0 Å². The van der Waals surface area contributed by atoms with Crippen LogP contribution in [0.4, 0.5) is 4.79 Å². The van der Waals surface area contributed by atoms with E-state index >= 15 is 0 Å². The number of amides is 2. The Hall–Kier alpha value is -2.24. The summed E-state index contributed by atoms with van der Waals surface area (Å²) in [6.45, 7) is 5.17. The highest BCUT2D eigenvalue weighted by Crippen LogP contribution is 2.18. The molecule has 0 saturated carbocycles. The van der Waals surface area contributed by atoms with Crippen LogP contribution in [0.2, 0.25) is 0 Å². The molecule has 2 amide bonds. The maximum atomic E-state index is 12.5. The van der Waals surface area contributed by atoms with Gasteiger partial charge in [-0.2, -0.15) is 0 Å². The smallest absolute Gasteiger partial charge is 0.409 e. The molecule has 1 aliphatic heterocycles. The monoisotopic (exact) mass is 334 g/mol. The molecule has 1 fully saturated rings. The molecule has 1 atom stereocenters. The number of carbonyl (C=O) groups excluding carboxylic acids is 2. The van der Waals surface area contributed by atoms with E-state index in [1.54, 1.807) is 25.8 Å². The summed E-state index contributed by atoms with van der Waals surface area (Å²) in [7, 11) is 1.75. The predicted molar refractivity (Wildman–Crippen MR) is 90.9 cm³/mol. The first-order valence-corrected chi connectivity index (χ1v) is 8.43. The first kappa shape index (κ1) is 18.1. The second kappa shape index (κ2) is 8.57. The lowest BCUT2D eigenvalue weighted by Crippen LogP contribution is -2.50. The van der Waals surface area contributed by atoms with Gasteiger partial charge in [-0.1, -0.05) is 18.2 Å². The van der Waals surface area contributed by atoms with E-state index in [1.165, 1.54) is 0 Å². The molecule has 1 unspecified atom stereocenters. The summed E-state index contributed by atoms with van der Waals surface area (Å²) in [5.74, 6) is 0.673. The van der Waals surface area contributed by atoms with E-state index in [4.69, 9.17) is 9.47 Å². The number of carbonyl (C=O) groups is 2. The third-order valence-electron chi connectivity index (χ3n) is 4.28. The van der Waals surface area contributed by atoms with Crippen LogP contribution in [0.25, 0.3) is 0 Å². The van der Waals surface area contributed by atoms with Gasteiger partial charge >= 0.3 is 6.09 Å². The van der Waals surface area contributed by atoms with Crippen molar-refractivity contribution in [3.05, 3.63) is 30.3 Å². The minimum atomic E-state index is -0.522. The van der Waals surface area contributed by atoms with E-state index in [0.29, 0.717) is 25.4 Å². The van der Waals surface area contributed by atoms with Crippen molar-refractivity contribution in [3.63, 3.8) is 0 Å². The summed E-state index contributed by atoms with van der Waals surface area (Å²) in [4.78, 5) is 27.7. The number of hydrogen-bond acceptors (Lipinski definition) is 4. The Morgan fingerprint density at radius 1 is 1.25 bits per heavy atom. The molecule has 6 nitrogen and oxygen atoms in total. The second-order valence-corrected chi connectivity index (χ2v) is 5.94. The molecule has 0 spiro atoms. The summed E-state index contributed by atoms with van der Waals surface area (Å²) < 4.78 is 10.7. The lowest BCUT2D eigenvalue weighted by molar-refractivity contribution is -0.139. The van der Waals surface area contributed by atoms with Crippen molar-refractivity contribution in [2.75, 3.05) is 26.7 Å². The molecule has 1 aliphatic rings. The van der Waals surface area contributed by atoms with Crippen molar-refractivity contribution in [3.8, 4) is 5.75 Å². The van der Waals surface area contributed by atoms with Gasteiger partial charge in [0.15, 0.2) is 6.10 Å². The van der Waals surface area contributed by atoms with Crippen molar-refractivity contribution in [2.24, 2.45) is 0 Å². The van der Waals surface area contributed by atoms with Gasteiger partial charge in [0.1, 0.15) is 5.75 Å². The number of nitrogens with zero attached hydrogens (tertiary/aromatic N) is 2. The van der Waals surface area contributed by atoms with Crippen LogP contribution in [0.1, 0.15) is 26.7 Å². The average Bonchev–Trinajstić information content (AvgIpc) is 2.61. The first-order valence-electron chi connectivity index (χ1n) is 8.43. The number of piperidine rings is 1. The Morgan fingerprint density at radius 2 is 1.88 bits per heavy atom. The highest BCUT2D eigenvalue weighted by molar-refractivity contribution is 5.81. The lowest BCUT2D eigenvalue weighted by atomic mass is 10.0. The molecule has 0 aliphatic carbocycles. The third kappa shape index (κ3) is 4.63. The van der Waals surface area contributed by atoms with Crippen molar-refractivity contribution in [1.29, 1.82) is 0 Å². The van der Waals surface area contributed by atoms with Crippen molar-refractivity contribution >= 4 is 12.0 Å². The molecule has 1 saturated heterocycles. The zero-order valence-electron chi connectivity index (χ0n) is 14.6. The maximum Gasteiger partial charge on any atom is 0.409 e. The summed E-state index contributed by atoms with van der Waals surface area (Å²) >= 11 is 0. The zero-order chi connectivity index (χ0) is 17.5. The van der Waals surface area contributed by atoms with Crippen LogP contribution in [0, 0.1) is 0 Å². The summed E-state index contributed by atoms with van der Waals surface area (Å²) in [5, 5.41) is 0. The maximum absolute atomic E-state index is 12.5. The molecule has 0 aromatic heterocycles. The second-order valence-electron chi connectivity index (χ2n) is 5.94. The zero-order valence-corrected chi connectivity index (χ0v) is 14.6. The molecule has 1 aromatic rings.